The molecular weight excluding hydrogens is 314 g/mol. The van der Waals surface area contributed by atoms with E-state index in [-0.39, 0.29) is 17.7 Å². The molecule has 3 N–H and O–H groups in total. The molecule has 1 rings (SSSR count). The molecule has 0 saturated heterocycles. The molecule has 0 aliphatic heterocycles. The van der Waals surface area contributed by atoms with Crippen LogP contribution < -0.4 is 16.0 Å². The molecule has 0 atom stereocenters. The van der Waals surface area contributed by atoms with Gasteiger partial charge in [0.05, 0.1) is 6.67 Å². The zero-order chi connectivity index (χ0) is 17.9. The summed E-state index contributed by atoms with van der Waals surface area (Å²) >= 11 is 4.96. The fourth-order valence-corrected chi connectivity index (χ4v) is 1.48. The summed E-state index contributed by atoms with van der Waals surface area (Å²) < 4.78 is 5.05. The molecule has 1 aromatic rings. The maximum Gasteiger partial charge on any atom is 0.409 e. The lowest BCUT2D eigenvalue weighted by Gasteiger charge is -2.20. The van der Waals surface area contributed by atoms with Gasteiger partial charge in [-0.25, -0.2) is 4.79 Å². The van der Waals surface area contributed by atoms with Gasteiger partial charge in [-0.3, -0.25) is 10.1 Å². The molecule has 0 aliphatic carbocycles. The SMILES string of the molecule is CC.CC(C)(C)OC(=O)NCNC(=S)NC(=O)c1ccccc1. The van der Waals surface area contributed by atoms with Crippen LogP contribution in [0, 0.1) is 0 Å². The van der Waals surface area contributed by atoms with Crippen LogP contribution in [-0.4, -0.2) is 29.4 Å². The Morgan fingerprint density at radius 3 is 2.17 bits per heavy atom. The molecule has 0 bridgehead atoms. The van der Waals surface area contributed by atoms with Crippen molar-refractivity contribution in [3.63, 3.8) is 0 Å². The van der Waals surface area contributed by atoms with Crippen molar-refractivity contribution >= 4 is 29.3 Å². The molecule has 2 amide bonds. The second-order valence-electron chi connectivity index (χ2n) is 5.18. The van der Waals surface area contributed by atoms with Crippen LogP contribution in [0.5, 0.6) is 0 Å². The van der Waals surface area contributed by atoms with Gasteiger partial charge in [-0.2, -0.15) is 0 Å². The minimum atomic E-state index is -0.563. The molecule has 6 nitrogen and oxygen atoms in total. The van der Waals surface area contributed by atoms with Gasteiger partial charge in [-0.15, -0.1) is 0 Å². The maximum atomic E-state index is 11.8. The molecule has 1 aromatic carbocycles. The van der Waals surface area contributed by atoms with Gasteiger partial charge in [0.15, 0.2) is 5.11 Å². The Kier molecular flexibility index (Phi) is 9.57. The minimum absolute atomic E-state index is 0.0583. The molecule has 0 aromatic heterocycles. The van der Waals surface area contributed by atoms with Crippen LogP contribution in [0.2, 0.25) is 0 Å². The summed E-state index contributed by atoms with van der Waals surface area (Å²) in [6.07, 6.45) is -0.563. The number of alkyl carbamates (subject to hydrolysis) is 1. The number of carbonyl (C=O) groups is 2. The number of hydrogen-bond donors (Lipinski definition) is 3. The standard InChI is InChI=1S/C14H19N3O3S.C2H6/c1-14(2,3)20-13(19)16-9-15-12(21)17-11(18)10-7-5-4-6-8-10;1-2/h4-8H,9H2,1-3H3,(H,16,19)(H2,15,17,18,21);1-2H3. The van der Waals surface area contributed by atoms with Crippen molar-refractivity contribution in [2.24, 2.45) is 0 Å². The topological polar surface area (TPSA) is 79.5 Å². The Morgan fingerprint density at radius 1 is 1.09 bits per heavy atom. The van der Waals surface area contributed by atoms with Gasteiger partial charge in [0.2, 0.25) is 0 Å². The van der Waals surface area contributed by atoms with E-state index in [1.165, 1.54) is 0 Å². The number of carbonyl (C=O) groups excluding carboxylic acids is 2. The highest BCUT2D eigenvalue weighted by Gasteiger charge is 2.15. The number of rotatable bonds is 3. The van der Waals surface area contributed by atoms with E-state index >= 15 is 0 Å². The van der Waals surface area contributed by atoms with Gasteiger partial charge < -0.3 is 15.4 Å². The highest BCUT2D eigenvalue weighted by molar-refractivity contribution is 7.80. The molecule has 7 heteroatoms. The predicted octanol–water partition coefficient (Wildman–Crippen LogP) is 2.80. The maximum absolute atomic E-state index is 11.8. The quantitative estimate of drug-likeness (QED) is 0.583. The van der Waals surface area contributed by atoms with Crippen molar-refractivity contribution in [3.8, 4) is 0 Å². The largest absolute Gasteiger partial charge is 0.444 e. The summed E-state index contributed by atoms with van der Waals surface area (Å²) in [5.41, 5.74) is -0.0618. The van der Waals surface area contributed by atoms with Gasteiger partial charge >= 0.3 is 6.09 Å². The van der Waals surface area contributed by atoms with E-state index in [0.717, 1.165) is 0 Å². The van der Waals surface area contributed by atoms with E-state index < -0.39 is 11.7 Å². The Morgan fingerprint density at radius 2 is 1.65 bits per heavy atom. The smallest absolute Gasteiger partial charge is 0.409 e. The van der Waals surface area contributed by atoms with Crippen LogP contribution in [0.3, 0.4) is 0 Å². The molecule has 0 radical (unpaired) electrons. The molecule has 23 heavy (non-hydrogen) atoms. The fourth-order valence-electron chi connectivity index (χ4n) is 1.32. The number of nitrogens with one attached hydrogen (secondary N) is 3. The lowest BCUT2D eigenvalue weighted by atomic mass is 10.2. The van der Waals surface area contributed by atoms with E-state index in [9.17, 15) is 9.59 Å². The van der Waals surface area contributed by atoms with Crippen molar-refractivity contribution in [2.45, 2.75) is 40.2 Å². The monoisotopic (exact) mass is 339 g/mol. The second-order valence-corrected chi connectivity index (χ2v) is 5.59. The summed E-state index contributed by atoms with van der Waals surface area (Å²) in [4.78, 5) is 23.2. The Balaban J connectivity index is 0.00000232. The molecule has 0 spiro atoms. The van der Waals surface area contributed by atoms with Crippen LogP contribution in [0.25, 0.3) is 0 Å². The van der Waals surface area contributed by atoms with Crippen LogP contribution in [-0.2, 0) is 4.74 Å². The van der Waals surface area contributed by atoms with Gasteiger partial charge in [-0.05, 0) is 45.1 Å². The molecule has 128 valence electrons. The molecule has 0 saturated carbocycles. The number of benzene rings is 1. The minimum Gasteiger partial charge on any atom is -0.444 e. The first-order chi connectivity index (χ1) is 10.8. The van der Waals surface area contributed by atoms with Crippen molar-refractivity contribution in [1.82, 2.24) is 16.0 Å². The van der Waals surface area contributed by atoms with E-state index in [1.807, 2.05) is 19.9 Å². The van der Waals surface area contributed by atoms with Crippen LogP contribution in [0.4, 0.5) is 4.79 Å². The Bertz CT molecular complexity index is 513. The average molecular weight is 339 g/mol. The van der Waals surface area contributed by atoms with Gasteiger partial charge in [-0.1, -0.05) is 32.0 Å². The van der Waals surface area contributed by atoms with Crippen molar-refractivity contribution < 1.29 is 14.3 Å². The van der Waals surface area contributed by atoms with Crippen molar-refractivity contribution in [1.29, 1.82) is 0 Å². The fraction of sp³-hybridized carbons (Fsp3) is 0.438. The third-order valence-electron chi connectivity index (χ3n) is 2.14. The zero-order valence-electron chi connectivity index (χ0n) is 14.2. The van der Waals surface area contributed by atoms with Crippen molar-refractivity contribution in [2.75, 3.05) is 6.67 Å². The molecule has 0 aliphatic rings. The number of ether oxygens (including phenoxy) is 1. The van der Waals surface area contributed by atoms with E-state index in [1.54, 1.807) is 45.0 Å². The predicted molar refractivity (Wildman–Crippen MR) is 95.2 cm³/mol. The Hall–Kier alpha value is -2.15. The summed E-state index contributed by atoms with van der Waals surface area (Å²) in [7, 11) is 0. The summed E-state index contributed by atoms with van der Waals surface area (Å²) in [5, 5.41) is 7.79. The summed E-state index contributed by atoms with van der Waals surface area (Å²) in [6.45, 7) is 9.36. The highest BCUT2D eigenvalue weighted by Crippen LogP contribution is 2.05. The van der Waals surface area contributed by atoms with E-state index in [4.69, 9.17) is 17.0 Å². The summed E-state index contributed by atoms with van der Waals surface area (Å²) in [5.74, 6) is -0.314. The molecular formula is C16H25N3O3S. The summed E-state index contributed by atoms with van der Waals surface area (Å²) in [6, 6.07) is 8.69. The molecule has 0 fully saturated rings. The average Bonchev–Trinajstić information content (AvgIpc) is 2.48. The van der Waals surface area contributed by atoms with Crippen LogP contribution in [0.15, 0.2) is 30.3 Å². The van der Waals surface area contributed by atoms with Crippen LogP contribution in [0.1, 0.15) is 45.0 Å². The Labute approximate surface area is 143 Å². The normalized spacial score (nSPS) is 9.78. The first-order valence-corrected chi connectivity index (χ1v) is 7.80. The van der Waals surface area contributed by atoms with Gasteiger partial charge in [0.1, 0.15) is 5.60 Å². The first-order valence-electron chi connectivity index (χ1n) is 7.39. The lowest BCUT2D eigenvalue weighted by molar-refractivity contribution is 0.0526. The van der Waals surface area contributed by atoms with E-state index in [2.05, 4.69) is 16.0 Å². The third kappa shape index (κ3) is 10.2. The molecule has 0 heterocycles. The third-order valence-corrected chi connectivity index (χ3v) is 2.39. The number of thiocarbonyl (C=S) groups is 1. The van der Waals surface area contributed by atoms with Gasteiger partial charge in [0, 0.05) is 5.56 Å². The number of amides is 2. The zero-order valence-corrected chi connectivity index (χ0v) is 15.0. The van der Waals surface area contributed by atoms with Crippen LogP contribution >= 0.6 is 12.2 Å². The number of hydrogen-bond acceptors (Lipinski definition) is 4. The second kappa shape index (κ2) is 10.6. The first kappa shape index (κ1) is 20.9. The van der Waals surface area contributed by atoms with E-state index in [0.29, 0.717) is 5.56 Å². The van der Waals surface area contributed by atoms with Gasteiger partial charge in [0.25, 0.3) is 5.91 Å². The lowest BCUT2D eigenvalue weighted by Crippen LogP contribution is -2.45. The van der Waals surface area contributed by atoms with Crippen molar-refractivity contribution in [3.05, 3.63) is 35.9 Å². The highest BCUT2D eigenvalue weighted by atomic mass is 32.1. The molecule has 0 unspecified atom stereocenters.